The second kappa shape index (κ2) is 6.42. The molecule has 1 aliphatic heterocycles. The van der Waals surface area contributed by atoms with E-state index < -0.39 is 0 Å². The minimum atomic E-state index is 0.0460. The van der Waals surface area contributed by atoms with Gasteiger partial charge in [-0.3, -0.25) is 14.4 Å². The van der Waals surface area contributed by atoms with Gasteiger partial charge in [-0.1, -0.05) is 12.1 Å². The van der Waals surface area contributed by atoms with Gasteiger partial charge < -0.3 is 9.64 Å². The topological polar surface area (TPSA) is 50.6 Å². The average molecular weight is 314 g/mol. The van der Waals surface area contributed by atoms with Crippen LogP contribution in [0.15, 0.2) is 36.7 Å². The zero-order chi connectivity index (χ0) is 16.4. The van der Waals surface area contributed by atoms with Crippen LogP contribution < -0.4 is 4.74 Å². The third-order valence-electron chi connectivity index (χ3n) is 4.39. The van der Waals surface area contributed by atoms with Crippen molar-refractivity contribution in [2.24, 2.45) is 7.05 Å². The molecule has 0 aliphatic carbocycles. The number of piperazine rings is 1. The average Bonchev–Trinajstić information content (AvgIpc) is 3.01. The van der Waals surface area contributed by atoms with Gasteiger partial charge in [-0.15, -0.1) is 0 Å². The predicted molar refractivity (Wildman–Crippen MR) is 87.5 cm³/mol. The van der Waals surface area contributed by atoms with Crippen molar-refractivity contribution < 1.29 is 9.53 Å². The molecule has 0 bridgehead atoms. The standard InChI is InChI=1S/C17H22N4O2/c1-19-8-9-21(17(22)14-10-18-20(2)11-14)12-16(19)13-4-6-15(23-3)7-5-13/h4-7,10-11,16H,8-9,12H2,1-3H3. The third kappa shape index (κ3) is 3.22. The quantitative estimate of drug-likeness (QED) is 0.863. The first-order chi connectivity index (χ1) is 11.1. The number of nitrogens with zero attached hydrogens (tertiary/aromatic N) is 4. The maximum absolute atomic E-state index is 12.6. The van der Waals surface area contributed by atoms with Crippen LogP contribution in [0.5, 0.6) is 5.75 Å². The van der Waals surface area contributed by atoms with Gasteiger partial charge in [0.15, 0.2) is 0 Å². The van der Waals surface area contributed by atoms with E-state index in [1.54, 1.807) is 24.2 Å². The van der Waals surface area contributed by atoms with Crippen molar-refractivity contribution in [3.05, 3.63) is 47.8 Å². The molecule has 1 amide bonds. The molecular formula is C17H22N4O2. The molecule has 122 valence electrons. The summed E-state index contributed by atoms with van der Waals surface area (Å²) in [5, 5.41) is 4.09. The molecule has 2 aromatic rings. The molecule has 0 spiro atoms. The maximum atomic E-state index is 12.6. The van der Waals surface area contributed by atoms with Gasteiger partial charge in [0.1, 0.15) is 5.75 Å². The maximum Gasteiger partial charge on any atom is 0.257 e. The number of rotatable bonds is 3. The van der Waals surface area contributed by atoms with Gasteiger partial charge in [0.25, 0.3) is 5.91 Å². The van der Waals surface area contributed by atoms with Gasteiger partial charge >= 0.3 is 0 Å². The molecular weight excluding hydrogens is 292 g/mol. The first kappa shape index (κ1) is 15.6. The van der Waals surface area contributed by atoms with Crippen LogP contribution in [-0.4, -0.2) is 59.3 Å². The van der Waals surface area contributed by atoms with E-state index in [9.17, 15) is 4.79 Å². The number of aryl methyl sites for hydroxylation is 1. The van der Waals surface area contributed by atoms with Gasteiger partial charge in [-0.05, 0) is 24.7 Å². The Morgan fingerprint density at radius 2 is 1.96 bits per heavy atom. The molecule has 23 heavy (non-hydrogen) atoms. The Morgan fingerprint density at radius 1 is 1.22 bits per heavy atom. The first-order valence-corrected chi connectivity index (χ1v) is 7.70. The zero-order valence-corrected chi connectivity index (χ0v) is 13.8. The highest BCUT2D eigenvalue weighted by Crippen LogP contribution is 2.26. The van der Waals surface area contributed by atoms with Gasteiger partial charge in [-0.25, -0.2) is 0 Å². The monoisotopic (exact) mass is 314 g/mol. The molecule has 0 radical (unpaired) electrons. The number of ether oxygens (including phenoxy) is 1. The summed E-state index contributed by atoms with van der Waals surface area (Å²) in [6.45, 7) is 2.26. The number of amides is 1. The van der Waals surface area contributed by atoms with Crippen molar-refractivity contribution >= 4 is 5.91 Å². The molecule has 1 fully saturated rings. The summed E-state index contributed by atoms with van der Waals surface area (Å²) in [5.74, 6) is 0.889. The molecule has 1 aromatic heterocycles. The van der Waals surface area contributed by atoms with E-state index in [1.807, 2.05) is 24.1 Å². The smallest absolute Gasteiger partial charge is 0.257 e. The SMILES string of the molecule is COc1ccc(C2CN(C(=O)c3cnn(C)c3)CCN2C)cc1. The Morgan fingerprint density at radius 3 is 2.57 bits per heavy atom. The lowest BCUT2D eigenvalue weighted by Gasteiger charge is -2.39. The normalized spacial score (nSPS) is 18.9. The molecule has 1 atom stereocenters. The molecule has 1 saturated heterocycles. The van der Waals surface area contributed by atoms with Crippen molar-refractivity contribution in [3.63, 3.8) is 0 Å². The molecule has 6 heteroatoms. The molecule has 0 N–H and O–H groups in total. The summed E-state index contributed by atoms with van der Waals surface area (Å²) in [7, 11) is 5.58. The van der Waals surface area contributed by atoms with E-state index in [0.717, 1.165) is 18.8 Å². The van der Waals surface area contributed by atoms with Crippen LogP contribution in [0.3, 0.4) is 0 Å². The van der Waals surface area contributed by atoms with Gasteiger partial charge in [0, 0.05) is 32.9 Å². The minimum Gasteiger partial charge on any atom is -0.497 e. The fourth-order valence-corrected chi connectivity index (χ4v) is 2.96. The van der Waals surface area contributed by atoms with Crippen molar-refractivity contribution in [2.75, 3.05) is 33.8 Å². The number of hydrogen-bond donors (Lipinski definition) is 0. The molecule has 2 heterocycles. The Bertz CT molecular complexity index is 680. The van der Waals surface area contributed by atoms with Crippen molar-refractivity contribution in [2.45, 2.75) is 6.04 Å². The first-order valence-electron chi connectivity index (χ1n) is 7.70. The van der Waals surface area contributed by atoms with Gasteiger partial charge in [0.2, 0.25) is 0 Å². The van der Waals surface area contributed by atoms with Crippen LogP contribution >= 0.6 is 0 Å². The fraction of sp³-hybridized carbons (Fsp3) is 0.412. The fourth-order valence-electron chi connectivity index (χ4n) is 2.96. The third-order valence-corrected chi connectivity index (χ3v) is 4.39. The Kier molecular flexibility index (Phi) is 4.34. The summed E-state index contributed by atoms with van der Waals surface area (Å²) in [5.41, 5.74) is 1.84. The number of aromatic nitrogens is 2. The highest BCUT2D eigenvalue weighted by Gasteiger charge is 2.29. The Hall–Kier alpha value is -2.34. The zero-order valence-electron chi connectivity index (χ0n) is 13.8. The van der Waals surface area contributed by atoms with E-state index in [0.29, 0.717) is 12.1 Å². The molecule has 6 nitrogen and oxygen atoms in total. The predicted octanol–water partition coefficient (Wildman–Crippen LogP) is 1.56. The van der Waals surface area contributed by atoms with Crippen LogP contribution in [0.4, 0.5) is 0 Å². The highest BCUT2D eigenvalue weighted by molar-refractivity contribution is 5.93. The van der Waals surface area contributed by atoms with Crippen LogP contribution in [0.25, 0.3) is 0 Å². The van der Waals surface area contributed by atoms with Crippen molar-refractivity contribution in [1.29, 1.82) is 0 Å². The summed E-state index contributed by atoms with van der Waals surface area (Å²) < 4.78 is 6.87. The van der Waals surface area contributed by atoms with Crippen molar-refractivity contribution in [1.82, 2.24) is 19.6 Å². The van der Waals surface area contributed by atoms with Crippen LogP contribution in [0.1, 0.15) is 22.0 Å². The number of carbonyl (C=O) groups is 1. The second-order valence-electron chi connectivity index (χ2n) is 5.92. The largest absolute Gasteiger partial charge is 0.497 e. The number of benzene rings is 1. The number of methoxy groups -OCH3 is 1. The van der Waals surface area contributed by atoms with Crippen molar-refractivity contribution in [3.8, 4) is 5.75 Å². The Balaban J connectivity index is 1.77. The van der Waals surface area contributed by atoms with E-state index in [1.165, 1.54) is 5.56 Å². The van der Waals surface area contributed by atoms with E-state index in [-0.39, 0.29) is 11.9 Å². The second-order valence-corrected chi connectivity index (χ2v) is 5.92. The van der Waals surface area contributed by atoms with Gasteiger partial charge in [0.05, 0.1) is 24.9 Å². The lowest BCUT2D eigenvalue weighted by Crippen LogP contribution is -2.48. The molecule has 3 rings (SSSR count). The minimum absolute atomic E-state index is 0.0460. The summed E-state index contributed by atoms with van der Waals surface area (Å²) in [4.78, 5) is 16.8. The van der Waals surface area contributed by atoms with E-state index >= 15 is 0 Å². The summed E-state index contributed by atoms with van der Waals surface area (Å²) in [6.07, 6.45) is 3.39. The molecule has 0 saturated carbocycles. The summed E-state index contributed by atoms with van der Waals surface area (Å²) in [6, 6.07) is 8.25. The van der Waals surface area contributed by atoms with E-state index in [4.69, 9.17) is 4.74 Å². The number of likely N-dealkylation sites (N-methyl/N-ethyl adjacent to an activating group) is 1. The molecule has 1 aromatic carbocycles. The van der Waals surface area contributed by atoms with E-state index in [2.05, 4.69) is 29.2 Å². The van der Waals surface area contributed by atoms with Crippen LogP contribution in [0, 0.1) is 0 Å². The van der Waals surface area contributed by atoms with Crippen LogP contribution in [-0.2, 0) is 7.05 Å². The summed E-state index contributed by atoms with van der Waals surface area (Å²) >= 11 is 0. The molecule has 1 aliphatic rings. The highest BCUT2D eigenvalue weighted by atomic mass is 16.5. The van der Waals surface area contributed by atoms with Crippen LogP contribution in [0.2, 0.25) is 0 Å². The number of carbonyl (C=O) groups excluding carboxylic acids is 1. The number of hydrogen-bond acceptors (Lipinski definition) is 4. The molecule has 1 unspecified atom stereocenters. The lowest BCUT2D eigenvalue weighted by atomic mass is 10.0. The van der Waals surface area contributed by atoms with Gasteiger partial charge in [-0.2, -0.15) is 5.10 Å². The Labute approximate surface area is 136 Å². The lowest BCUT2D eigenvalue weighted by molar-refractivity contribution is 0.0546.